The van der Waals surface area contributed by atoms with Crippen molar-refractivity contribution in [1.82, 2.24) is 9.97 Å². The van der Waals surface area contributed by atoms with Crippen molar-refractivity contribution in [1.29, 1.82) is 0 Å². The Morgan fingerprint density at radius 3 is 2.58 bits per heavy atom. The van der Waals surface area contributed by atoms with Crippen molar-refractivity contribution in [3.05, 3.63) is 17.1 Å². The minimum atomic E-state index is 0.405. The molecule has 2 aliphatic carbocycles. The Kier molecular flexibility index (Phi) is 3.23. The first-order chi connectivity index (χ1) is 9.12. The van der Waals surface area contributed by atoms with Crippen LogP contribution in [0.15, 0.2) is 0 Å². The zero-order chi connectivity index (χ0) is 13.5. The van der Waals surface area contributed by atoms with Crippen LogP contribution in [-0.4, -0.2) is 16.5 Å². The normalized spacial score (nSPS) is 24.5. The highest BCUT2D eigenvalue weighted by Crippen LogP contribution is 2.57. The molecule has 1 fully saturated rings. The van der Waals surface area contributed by atoms with Gasteiger partial charge in [0.15, 0.2) is 0 Å². The molecule has 1 atom stereocenters. The second kappa shape index (κ2) is 4.77. The fourth-order valence-corrected chi connectivity index (χ4v) is 3.17. The summed E-state index contributed by atoms with van der Waals surface area (Å²) in [5.41, 5.74) is 3.12. The lowest BCUT2D eigenvalue weighted by molar-refractivity contribution is 0.606. The van der Waals surface area contributed by atoms with E-state index in [9.17, 15) is 0 Å². The lowest BCUT2D eigenvalue weighted by Gasteiger charge is -2.14. The Morgan fingerprint density at radius 2 is 1.89 bits per heavy atom. The summed E-state index contributed by atoms with van der Waals surface area (Å²) >= 11 is 0. The first-order valence-corrected chi connectivity index (χ1v) is 7.75. The van der Waals surface area contributed by atoms with Crippen LogP contribution in [-0.2, 0) is 12.8 Å². The number of aryl methyl sites for hydroxylation is 1. The molecular weight excluding hydrogens is 234 g/mol. The lowest BCUT2D eigenvalue weighted by atomic mass is 10.1. The predicted molar refractivity (Wildman–Crippen MR) is 78.6 cm³/mol. The van der Waals surface area contributed by atoms with Gasteiger partial charge in [-0.3, -0.25) is 0 Å². The summed E-state index contributed by atoms with van der Waals surface area (Å²) in [7, 11) is 0. The summed E-state index contributed by atoms with van der Waals surface area (Å²) in [5, 5.41) is 3.46. The average molecular weight is 259 g/mol. The second-order valence-corrected chi connectivity index (χ2v) is 6.69. The minimum Gasteiger partial charge on any atom is -0.370 e. The molecule has 2 aliphatic rings. The predicted octanol–water partition coefficient (Wildman–Crippen LogP) is 3.69. The Labute approximate surface area is 116 Å². The number of anilines is 1. The zero-order valence-electron chi connectivity index (χ0n) is 12.4. The molecule has 0 bridgehead atoms. The van der Waals surface area contributed by atoms with Crippen molar-refractivity contribution >= 4 is 5.82 Å². The fourth-order valence-electron chi connectivity index (χ4n) is 3.17. The summed E-state index contributed by atoms with van der Waals surface area (Å²) in [6, 6.07) is 0. The van der Waals surface area contributed by atoms with Gasteiger partial charge < -0.3 is 5.32 Å². The van der Waals surface area contributed by atoms with E-state index in [1.165, 1.54) is 36.9 Å². The molecule has 0 radical (unpaired) electrons. The van der Waals surface area contributed by atoms with Gasteiger partial charge >= 0.3 is 0 Å². The van der Waals surface area contributed by atoms with Crippen LogP contribution in [0.4, 0.5) is 5.82 Å². The minimum absolute atomic E-state index is 0.405. The van der Waals surface area contributed by atoms with Crippen molar-refractivity contribution in [2.45, 2.75) is 65.2 Å². The molecule has 3 rings (SSSR count). The third-order valence-corrected chi connectivity index (χ3v) is 4.62. The number of nitrogens with zero attached hydrogens (tertiary/aromatic N) is 2. The molecule has 1 aromatic heterocycles. The van der Waals surface area contributed by atoms with E-state index in [1.807, 2.05) is 0 Å². The van der Waals surface area contributed by atoms with Crippen LogP contribution < -0.4 is 5.32 Å². The second-order valence-electron chi connectivity index (χ2n) is 6.69. The SMILES string of the molecule is CCNc1nc(C2CC2(C)C)nc2c1CCCCC2. The number of hydrogen-bond donors (Lipinski definition) is 1. The van der Waals surface area contributed by atoms with E-state index in [-0.39, 0.29) is 0 Å². The fraction of sp³-hybridized carbons (Fsp3) is 0.750. The van der Waals surface area contributed by atoms with Crippen LogP contribution in [0.1, 0.15) is 69.5 Å². The third kappa shape index (κ3) is 2.47. The van der Waals surface area contributed by atoms with Gasteiger partial charge in [0.2, 0.25) is 0 Å². The van der Waals surface area contributed by atoms with Crippen molar-refractivity contribution in [3.8, 4) is 0 Å². The van der Waals surface area contributed by atoms with Crippen LogP contribution >= 0.6 is 0 Å². The highest BCUT2D eigenvalue weighted by molar-refractivity contribution is 5.48. The quantitative estimate of drug-likeness (QED) is 0.841. The molecule has 1 saturated carbocycles. The van der Waals surface area contributed by atoms with Crippen LogP contribution in [0.3, 0.4) is 0 Å². The van der Waals surface area contributed by atoms with E-state index in [2.05, 4.69) is 26.1 Å². The van der Waals surface area contributed by atoms with E-state index in [1.54, 1.807) is 0 Å². The monoisotopic (exact) mass is 259 g/mol. The Hall–Kier alpha value is -1.12. The average Bonchev–Trinajstić information content (AvgIpc) is 3.06. The molecule has 1 heterocycles. The Bertz CT molecular complexity index is 479. The molecule has 1 aromatic rings. The zero-order valence-corrected chi connectivity index (χ0v) is 12.4. The van der Waals surface area contributed by atoms with Crippen LogP contribution in [0.5, 0.6) is 0 Å². The Balaban J connectivity index is 1.99. The van der Waals surface area contributed by atoms with Crippen LogP contribution in [0.2, 0.25) is 0 Å². The maximum absolute atomic E-state index is 4.92. The van der Waals surface area contributed by atoms with Crippen molar-refractivity contribution < 1.29 is 0 Å². The van der Waals surface area contributed by atoms with Gasteiger partial charge in [-0.05, 0) is 44.4 Å². The maximum atomic E-state index is 4.92. The van der Waals surface area contributed by atoms with E-state index in [0.29, 0.717) is 11.3 Å². The van der Waals surface area contributed by atoms with Gasteiger partial charge in [0.25, 0.3) is 0 Å². The largest absolute Gasteiger partial charge is 0.370 e. The summed E-state index contributed by atoms with van der Waals surface area (Å²) in [4.78, 5) is 9.78. The maximum Gasteiger partial charge on any atom is 0.134 e. The number of aromatic nitrogens is 2. The van der Waals surface area contributed by atoms with E-state index in [4.69, 9.17) is 9.97 Å². The lowest BCUT2D eigenvalue weighted by Crippen LogP contribution is -2.11. The summed E-state index contributed by atoms with van der Waals surface area (Å²) in [6.45, 7) is 7.72. The molecule has 19 heavy (non-hydrogen) atoms. The van der Waals surface area contributed by atoms with Gasteiger partial charge in [-0.15, -0.1) is 0 Å². The van der Waals surface area contributed by atoms with Crippen LogP contribution in [0.25, 0.3) is 0 Å². The molecule has 0 amide bonds. The summed E-state index contributed by atoms with van der Waals surface area (Å²) in [6.07, 6.45) is 7.40. The van der Waals surface area contributed by atoms with Gasteiger partial charge in [0.1, 0.15) is 11.6 Å². The van der Waals surface area contributed by atoms with Gasteiger partial charge in [-0.25, -0.2) is 9.97 Å². The molecule has 0 aliphatic heterocycles. The van der Waals surface area contributed by atoms with Gasteiger partial charge in [-0.1, -0.05) is 20.3 Å². The number of nitrogens with one attached hydrogen (secondary N) is 1. The molecule has 1 unspecified atom stereocenters. The van der Waals surface area contributed by atoms with Crippen molar-refractivity contribution in [2.75, 3.05) is 11.9 Å². The third-order valence-electron chi connectivity index (χ3n) is 4.62. The molecule has 0 aromatic carbocycles. The summed E-state index contributed by atoms with van der Waals surface area (Å²) < 4.78 is 0. The van der Waals surface area contributed by atoms with Gasteiger partial charge in [0.05, 0.1) is 0 Å². The number of rotatable bonds is 3. The van der Waals surface area contributed by atoms with Gasteiger partial charge in [0, 0.05) is 23.7 Å². The molecular formula is C16H25N3. The standard InChI is InChI=1S/C16H25N3/c1-4-17-14-11-8-6-5-7-9-13(11)18-15(19-14)12-10-16(12,2)3/h12H,4-10H2,1-3H3,(H,17,18,19). The van der Waals surface area contributed by atoms with Crippen molar-refractivity contribution in [3.63, 3.8) is 0 Å². The Morgan fingerprint density at radius 1 is 1.16 bits per heavy atom. The first kappa shape index (κ1) is 12.9. The highest BCUT2D eigenvalue weighted by Gasteiger charge is 2.48. The topological polar surface area (TPSA) is 37.8 Å². The first-order valence-electron chi connectivity index (χ1n) is 7.75. The van der Waals surface area contributed by atoms with Gasteiger partial charge in [-0.2, -0.15) is 0 Å². The highest BCUT2D eigenvalue weighted by atomic mass is 15.0. The summed E-state index contributed by atoms with van der Waals surface area (Å²) in [5.74, 6) is 2.77. The molecule has 1 N–H and O–H groups in total. The smallest absolute Gasteiger partial charge is 0.134 e. The molecule has 0 spiro atoms. The number of hydrogen-bond acceptors (Lipinski definition) is 3. The number of fused-ring (bicyclic) bond motifs is 1. The van der Waals surface area contributed by atoms with E-state index < -0.39 is 0 Å². The molecule has 3 nitrogen and oxygen atoms in total. The molecule has 104 valence electrons. The van der Waals surface area contributed by atoms with E-state index >= 15 is 0 Å². The van der Waals surface area contributed by atoms with Crippen molar-refractivity contribution in [2.24, 2.45) is 5.41 Å². The van der Waals surface area contributed by atoms with E-state index in [0.717, 1.165) is 31.0 Å². The van der Waals surface area contributed by atoms with Crippen LogP contribution in [0, 0.1) is 5.41 Å². The molecule has 3 heteroatoms. The molecule has 0 saturated heterocycles.